The molecule has 2 rings (SSSR count). The van der Waals surface area contributed by atoms with Crippen molar-refractivity contribution in [3.63, 3.8) is 0 Å². The molecule has 2 aliphatic heterocycles. The molecule has 0 spiro atoms. The predicted molar refractivity (Wildman–Crippen MR) is 78.6 cm³/mol. The average Bonchev–Trinajstić information content (AvgIpc) is 3.04. The highest BCUT2D eigenvalue weighted by Gasteiger charge is 2.41. The second-order valence-electron chi connectivity index (χ2n) is 5.39. The molecule has 5 heteroatoms. The van der Waals surface area contributed by atoms with Gasteiger partial charge in [0.2, 0.25) is 0 Å². The molecule has 0 aromatic rings. The van der Waals surface area contributed by atoms with Crippen molar-refractivity contribution >= 4 is 5.96 Å². The Kier molecular flexibility index (Phi) is 5.45. The highest BCUT2D eigenvalue weighted by molar-refractivity contribution is 5.80. The number of likely N-dealkylation sites (N-methyl/N-ethyl adjacent to an activating group) is 1. The number of guanidine groups is 1. The van der Waals surface area contributed by atoms with Crippen molar-refractivity contribution in [3.05, 3.63) is 0 Å². The fourth-order valence-corrected chi connectivity index (χ4v) is 3.03. The molecule has 0 aromatic heterocycles. The molecule has 2 aliphatic rings. The second kappa shape index (κ2) is 7.10. The number of nitrogens with zero attached hydrogens (tertiary/aromatic N) is 2. The monoisotopic (exact) mass is 268 g/mol. The van der Waals surface area contributed by atoms with E-state index >= 15 is 0 Å². The van der Waals surface area contributed by atoms with Crippen LogP contribution in [-0.2, 0) is 4.74 Å². The van der Waals surface area contributed by atoms with E-state index in [1.165, 1.54) is 12.8 Å². The molecule has 110 valence electrons. The maximum absolute atomic E-state index is 5.85. The number of rotatable bonds is 6. The molecule has 3 atom stereocenters. The number of nitrogens with one attached hydrogen (secondary N) is 2. The summed E-state index contributed by atoms with van der Waals surface area (Å²) in [6.07, 6.45) is 4.43. The summed E-state index contributed by atoms with van der Waals surface area (Å²) in [5.41, 5.74) is 0. The van der Waals surface area contributed by atoms with Crippen LogP contribution in [0.3, 0.4) is 0 Å². The maximum atomic E-state index is 5.85. The minimum absolute atomic E-state index is 0.395. The van der Waals surface area contributed by atoms with Crippen LogP contribution < -0.4 is 10.6 Å². The molecule has 0 amide bonds. The first-order valence-electron chi connectivity index (χ1n) is 7.61. The summed E-state index contributed by atoms with van der Waals surface area (Å²) in [6.45, 7) is 8.59. The molecule has 3 unspecified atom stereocenters. The van der Waals surface area contributed by atoms with Crippen molar-refractivity contribution in [1.82, 2.24) is 15.5 Å². The molecule has 5 nitrogen and oxygen atoms in total. The minimum Gasteiger partial charge on any atom is -0.373 e. The van der Waals surface area contributed by atoms with Crippen molar-refractivity contribution in [3.8, 4) is 0 Å². The Morgan fingerprint density at radius 2 is 2.11 bits per heavy atom. The van der Waals surface area contributed by atoms with Crippen LogP contribution in [-0.4, -0.2) is 62.3 Å². The Morgan fingerprint density at radius 1 is 1.32 bits per heavy atom. The summed E-state index contributed by atoms with van der Waals surface area (Å²) in [7, 11) is 1.83. The lowest BCUT2D eigenvalue weighted by atomic mass is 9.96. The predicted octanol–water partition coefficient (Wildman–Crippen LogP) is 0.813. The molecule has 2 saturated heterocycles. The molecule has 2 heterocycles. The first-order chi connectivity index (χ1) is 9.26. The molecule has 2 N–H and O–H groups in total. The molecule has 0 aliphatic carbocycles. The van der Waals surface area contributed by atoms with Crippen molar-refractivity contribution < 1.29 is 4.74 Å². The highest BCUT2D eigenvalue weighted by atomic mass is 16.5. The molecule has 2 bridgehead atoms. The van der Waals surface area contributed by atoms with E-state index in [2.05, 4.69) is 34.4 Å². The Morgan fingerprint density at radius 3 is 2.63 bits per heavy atom. The van der Waals surface area contributed by atoms with Crippen LogP contribution >= 0.6 is 0 Å². The Bertz CT molecular complexity index is 304. The molecule has 2 fully saturated rings. The van der Waals surface area contributed by atoms with Gasteiger partial charge in [-0.1, -0.05) is 13.8 Å². The lowest BCUT2D eigenvalue weighted by Gasteiger charge is -2.24. The Hall–Kier alpha value is -0.810. The standard InChI is InChI=1S/C14H28N4O/c1-4-18(5-2)9-8-16-14(15-3)17-12-10-11-6-7-13(12)19-11/h11-13H,4-10H2,1-3H3,(H2,15,16,17). The van der Waals surface area contributed by atoms with Gasteiger partial charge < -0.3 is 20.3 Å². The SMILES string of the molecule is CCN(CC)CCNC(=NC)NC1CC2CCC1O2. The van der Waals surface area contributed by atoms with Crippen LogP contribution in [0.5, 0.6) is 0 Å². The van der Waals surface area contributed by atoms with Gasteiger partial charge in [0.25, 0.3) is 0 Å². The van der Waals surface area contributed by atoms with E-state index in [9.17, 15) is 0 Å². The first-order valence-corrected chi connectivity index (χ1v) is 7.61. The molecular weight excluding hydrogens is 240 g/mol. The van der Waals surface area contributed by atoms with Gasteiger partial charge in [0.1, 0.15) is 0 Å². The van der Waals surface area contributed by atoms with E-state index in [1.54, 1.807) is 0 Å². The summed E-state index contributed by atoms with van der Waals surface area (Å²) in [5.74, 6) is 0.910. The van der Waals surface area contributed by atoms with E-state index in [1.807, 2.05) is 7.05 Å². The molecular formula is C14H28N4O. The van der Waals surface area contributed by atoms with Crippen LogP contribution in [0.4, 0.5) is 0 Å². The van der Waals surface area contributed by atoms with Gasteiger partial charge in [-0.15, -0.1) is 0 Å². The minimum atomic E-state index is 0.395. The van der Waals surface area contributed by atoms with Crippen molar-refractivity contribution in [2.75, 3.05) is 33.2 Å². The van der Waals surface area contributed by atoms with Crippen molar-refractivity contribution in [2.45, 2.75) is 51.4 Å². The van der Waals surface area contributed by atoms with Crippen LogP contribution in [0, 0.1) is 0 Å². The highest BCUT2D eigenvalue weighted by Crippen LogP contribution is 2.34. The second-order valence-corrected chi connectivity index (χ2v) is 5.39. The maximum Gasteiger partial charge on any atom is 0.191 e. The number of aliphatic imine (C=N–C) groups is 1. The average molecular weight is 268 g/mol. The van der Waals surface area contributed by atoms with Gasteiger partial charge in [-0.3, -0.25) is 4.99 Å². The fraction of sp³-hybridized carbons (Fsp3) is 0.929. The zero-order valence-corrected chi connectivity index (χ0v) is 12.5. The van der Waals surface area contributed by atoms with Crippen LogP contribution in [0.1, 0.15) is 33.1 Å². The summed E-state index contributed by atoms with van der Waals surface area (Å²) in [4.78, 5) is 6.71. The van der Waals surface area contributed by atoms with E-state index in [-0.39, 0.29) is 0 Å². The topological polar surface area (TPSA) is 48.9 Å². The van der Waals surface area contributed by atoms with Gasteiger partial charge in [0, 0.05) is 20.1 Å². The number of fused-ring (bicyclic) bond motifs is 2. The summed E-state index contributed by atoms with van der Waals surface area (Å²) < 4.78 is 5.85. The lowest BCUT2D eigenvalue weighted by Crippen LogP contribution is -2.48. The van der Waals surface area contributed by atoms with Gasteiger partial charge in [-0.2, -0.15) is 0 Å². The van der Waals surface area contributed by atoms with Gasteiger partial charge in [0.05, 0.1) is 18.2 Å². The normalized spacial score (nSPS) is 30.1. The third-order valence-corrected chi connectivity index (χ3v) is 4.27. The smallest absolute Gasteiger partial charge is 0.191 e. The first kappa shape index (κ1) is 14.6. The van der Waals surface area contributed by atoms with Gasteiger partial charge in [-0.25, -0.2) is 0 Å². The fourth-order valence-electron chi connectivity index (χ4n) is 3.03. The van der Waals surface area contributed by atoms with E-state index in [0.717, 1.165) is 38.6 Å². The van der Waals surface area contributed by atoms with E-state index in [4.69, 9.17) is 4.74 Å². The van der Waals surface area contributed by atoms with Crippen LogP contribution in [0.2, 0.25) is 0 Å². The quantitative estimate of drug-likeness (QED) is 0.553. The van der Waals surface area contributed by atoms with E-state index in [0.29, 0.717) is 18.2 Å². The summed E-state index contributed by atoms with van der Waals surface area (Å²) in [6, 6.07) is 0.443. The van der Waals surface area contributed by atoms with E-state index < -0.39 is 0 Å². The zero-order valence-electron chi connectivity index (χ0n) is 12.5. The summed E-state index contributed by atoms with van der Waals surface area (Å²) in [5, 5.41) is 6.90. The molecule has 19 heavy (non-hydrogen) atoms. The van der Waals surface area contributed by atoms with Crippen molar-refractivity contribution in [2.24, 2.45) is 4.99 Å². The Balaban J connectivity index is 1.69. The number of hydrogen-bond acceptors (Lipinski definition) is 3. The van der Waals surface area contributed by atoms with Crippen LogP contribution in [0.15, 0.2) is 4.99 Å². The zero-order chi connectivity index (χ0) is 13.7. The number of ether oxygens (including phenoxy) is 1. The Labute approximate surface area is 116 Å². The lowest BCUT2D eigenvalue weighted by molar-refractivity contribution is 0.0992. The summed E-state index contributed by atoms with van der Waals surface area (Å²) >= 11 is 0. The van der Waals surface area contributed by atoms with Gasteiger partial charge in [0.15, 0.2) is 5.96 Å². The van der Waals surface area contributed by atoms with Crippen LogP contribution in [0.25, 0.3) is 0 Å². The molecule has 0 radical (unpaired) electrons. The third-order valence-electron chi connectivity index (χ3n) is 4.27. The molecule has 0 aromatic carbocycles. The van der Waals surface area contributed by atoms with Gasteiger partial charge >= 0.3 is 0 Å². The van der Waals surface area contributed by atoms with Gasteiger partial charge in [-0.05, 0) is 32.4 Å². The number of hydrogen-bond donors (Lipinski definition) is 2. The largest absolute Gasteiger partial charge is 0.373 e. The molecule has 0 saturated carbocycles. The van der Waals surface area contributed by atoms with Crippen molar-refractivity contribution in [1.29, 1.82) is 0 Å². The third kappa shape index (κ3) is 3.83.